The van der Waals surface area contributed by atoms with Gasteiger partial charge in [-0.15, -0.1) is 0 Å². The molecule has 0 aliphatic carbocycles. The van der Waals surface area contributed by atoms with Gasteiger partial charge in [-0.1, -0.05) is 36.1 Å². The number of ether oxygens (including phenoxy) is 1. The molecule has 3 aromatic rings. The minimum atomic E-state index is -0.560. The van der Waals surface area contributed by atoms with Crippen LogP contribution in [0.25, 0.3) is 11.3 Å². The van der Waals surface area contributed by atoms with Crippen molar-refractivity contribution in [1.82, 2.24) is 15.4 Å². The molecular formula is C26H25N3O3. The highest BCUT2D eigenvalue weighted by Gasteiger charge is 2.11. The Labute approximate surface area is 187 Å². The molecule has 1 aliphatic rings. The third kappa shape index (κ3) is 5.59. The number of nitrogens with one attached hydrogen (secondary N) is 1. The van der Waals surface area contributed by atoms with Gasteiger partial charge in [-0.05, 0) is 48.9 Å². The Bertz CT molecular complexity index is 1140. The number of rotatable bonds is 4. The van der Waals surface area contributed by atoms with Crippen molar-refractivity contribution in [3.8, 4) is 23.1 Å². The molecule has 0 radical (unpaired) electrons. The zero-order valence-corrected chi connectivity index (χ0v) is 18.0. The number of hydrogen-bond donors (Lipinski definition) is 2. The minimum Gasteiger partial charge on any atom is -0.379 e. The summed E-state index contributed by atoms with van der Waals surface area (Å²) >= 11 is 0. The molecule has 1 aromatic heterocycles. The Morgan fingerprint density at radius 3 is 2.28 bits per heavy atom. The van der Waals surface area contributed by atoms with Gasteiger partial charge in [-0.25, -0.2) is 5.48 Å². The van der Waals surface area contributed by atoms with Crippen LogP contribution in [0.5, 0.6) is 0 Å². The minimum absolute atomic E-state index is 0.357. The quantitative estimate of drug-likeness (QED) is 0.379. The fraction of sp³-hybridized carbons (Fsp3) is 0.231. The number of aryl methyl sites for hydroxylation is 1. The van der Waals surface area contributed by atoms with Crippen LogP contribution in [-0.2, 0) is 11.3 Å². The number of amides is 1. The molecule has 0 unspecified atom stereocenters. The van der Waals surface area contributed by atoms with Gasteiger partial charge in [0.2, 0.25) is 0 Å². The first-order chi connectivity index (χ1) is 15.6. The normalized spacial score (nSPS) is 13.8. The van der Waals surface area contributed by atoms with Crippen molar-refractivity contribution < 1.29 is 14.7 Å². The van der Waals surface area contributed by atoms with Crippen LogP contribution in [-0.4, -0.2) is 47.3 Å². The third-order valence-electron chi connectivity index (χ3n) is 5.31. The van der Waals surface area contributed by atoms with Crippen molar-refractivity contribution in [2.24, 2.45) is 0 Å². The van der Waals surface area contributed by atoms with E-state index in [0.29, 0.717) is 17.0 Å². The topological polar surface area (TPSA) is 74.7 Å². The van der Waals surface area contributed by atoms with Gasteiger partial charge in [0.1, 0.15) is 0 Å². The summed E-state index contributed by atoms with van der Waals surface area (Å²) in [6, 6.07) is 19.4. The van der Waals surface area contributed by atoms with E-state index in [-0.39, 0.29) is 0 Å². The molecule has 1 saturated heterocycles. The molecule has 2 heterocycles. The average molecular weight is 428 g/mol. The molecule has 162 valence electrons. The first-order valence-corrected chi connectivity index (χ1v) is 10.6. The largest absolute Gasteiger partial charge is 0.379 e. The van der Waals surface area contributed by atoms with Gasteiger partial charge in [0.15, 0.2) is 0 Å². The smallest absolute Gasteiger partial charge is 0.274 e. The van der Waals surface area contributed by atoms with Gasteiger partial charge in [0.05, 0.1) is 18.9 Å². The maximum atomic E-state index is 11.7. The van der Waals surface area contributed by atoms with Gasteiger partial charge in [-0.2, -0.15) is 0 Å². The van der Waals surface area contributed by atoms with Gasteiger partial charge in [0, 0.05) is 47.6 Å². The van der Waals surface area contributed by atoms with E-state index in [4.69, 9.17) is 9.94 Å². The number of carbonyl (C=O) groups excluding carboxylic acids is 1. The molecule has 1 amide bonds. The van der Waals surface area contributed by atoms with E-state index < -0.39 is 5.91 Å². The molecule has 0 atom stereocenters. The van der Waals surface area contributed by atoms with Crippen molar-refractivity contribution in [2.75, 3.05) is 26.3 Å². The summed E-state index contributed by atoms with van der Waals surface area (Å²) in [5.41, 5.74) is 7.40. The molecule has 1 fully saturated rings. The average Bonchev–Trinajstić information content (AvgIpc) is 2.83. The molecule has 2 N–H and O–H groups in total. The van der Waals surface area contributed by atoms with Gasteiger partial charge in [-0.3, -0.25) is 19.9 Å². The summed E-state index contributed by atoms with van der Waals surface area (Å²) in [6.45, 7) is 6.32. The van der Waals surface area contributed by atoms with Crippen molar-refractivity contribution in [3.05, 3.63) is 88.6 Å². The summed E-state index contributed by atoms with van der Waals surface area (Å²) in [5, 5.41) is 8.88. The van der Waals surface area contributed by atoms with E-state index >= 15 is 0 Å². The zero-order chi connectivity index (χ0) is 22.3. The van der Waals surface area contributed by atoms with Crippen LogP contribution < -0.4 is 5.48 Å². The molecule has 0 spiro atoms. The standard InChI is InChI=1S/C26H25N3O3/c1-19-16-24(26(30)28-31)17-25(27-19)23-10-8-21(9-11-23)3-2-20-4-6-22(7-5-20)18-29-12-14-32-15-13-29/h4-11,16-17,31H,12-15,18H2,1H3,(H,28,30). The van der Waals surface area contributed by atoms with Crippen LogP contribution in [0.15, 0.2) is 60.7 Å². The van der Waals surface area contributed by atoms with Crippen LogP contribution in [0.2, 0.25) is 0 Å². The Balaban J connectivity index is 1.43. The van der Waals surface area contributed by atoms with Gasteiger partial charge < -0.3 is 4.74 Å². The molecule has 6 nitrogen and oxygen atoms in total. The fourth-order valence-electron chi connectivity index (χ4n) is 3.59. The second kappa shape index (κ2) is 10.2. The zero-order valence-electron chi connectivity index (χ0n) is 18.0. The number of pyridine rings is 1. The highest BCUT2D eigenvalue weighted by molar-refractivity contribution is 5.94. The highest BCUT2D eigenvalue weighted by atomic mass is 16.5. The lowest BCUT2D eigenvalue weighted by molar-refractivity contribution is 0.0342. The van der Waals surface area contributed by atoms with E-state index in [2.05, 4.69) is 46.0 Å². The number of hydroxylamine groups is 1. The lowest BCUT2D eigenvalue weighted by atomic mass is 10.1. The van der Waals surface area contributed by atoms with E-state index in [0.717, 1.165) is 49.5 Å². The van der Waals surface area contributed by atoms with Crippen molar-refractivity contribution in [1.29, 1.82) is 0 Å². The Hall–Kier alpha value is -3.50. The molecule has 2 aromatic carbocycles. The van der Waals surface area contributed by atoms with Crippen molar-refractivity contribution >= 4 is 5.91 Å². The number of nitrogens with zero attached hydrogens (tertiary/aromatic N) is 2. The first-order valence-electron chi connectivity index (χ1n) is 10.6. The summed E-state index contributed by atoms with van der Waals surface area (Å²) in [6.07, 6.45) is 0. The van der Waals surface area contributed by atoms with E-state index in [9.17, 15) is 4.79 Å². The summed E-state index contributed by atoms with van der Waals surface area (Å²) in [7, 11) is 0. The predicted octanol–water partition coefficient (Wildman–Crippen LogP) is 3.41. The number of aromatic nitrogens is 1. The maximum absolute atomic E-state index is 11.7. The van der Waals surface area contributed by atoms with Crippen molar-refractivity contribution in [2.45, 2.75) is 13.5 Å². The number of morpholine rings is 1. The Morgan fingerprint density at radius 1 is 1.03 bits per heavy atom. The molecule has 1 aliphatic heterocycles. The molecular weight excluding hydrogens is 402 g/mol. The Morgan fingerprint density at radius 2 is 1.66 bits per heavy atom. The predicted molar refractivity (Wildman–Crippen MR) is 122 cm³/mol. The van der Waals surface area contributed by atoms with Crippen LogP contribution in [0.3, 0.4) is 0 Å². The van der Waals surface area contributed by atoms with Crippen LogP contribution in [0.1, 0.15) is 32.7 Å². The van der Waals surface area contributed by atoms with Crippen LogP contribution >= 0.6 is 0 Å². The van der Waals surface area contributed by atoms with Gasteiger partial charge >= 0.3 is 0 Å². The van der Waals surface area contributed by atoms with Crippen molar-refractivity contribution in [3.63, 3.8) is 0 Å². The molecule has 6 heteroatoms. The molecule has 4 rings (SSSR count). The molecule has 0 bridgehead atoms. The van der Waals surface area contributed by atoms with E-state index in [1.54, 1.807) is 17.6 Å². The lowest BCUT2D eigenvalue weighted by Crippen LogP contribution is -2.35. The lowest BCUT2D eigenvalue weighted by Gasteiger charge is -2.26. The third-order valence-corrected chi connectivity index (χ3v) is 5.31. The van der Waals surface area contributed by atoms with Crippen LogP contribution in [0.4, 0.5) is 0 Å². The summed E-state index contributed by atoms with van der Waals surface area (Å²) < 4.78 is 5.40. The fourth-order valence-corrected chi connectivity index (χ4v) is 3.59. The second-order valence-corrected chi connectivity index (χ2v) is 7.74. The Kier molecular flexibility index (Phi) is 6.93. The number of hydrogen-bond acceptors (Lipinski definition) is 5. The van der Waals surface area contributed by atoms with Gasteiger partial charge in [0.25, 0.3) is 5.91 Å². The second-order valence-electron chi connectivity index (χ2n) is 7.74. The van der Waals surface area contributed by atoms with Crippen LogP contribution in [0, 0.1) is 18.8 Å². The molecule has 32 heavy (non-hydrogen) atoms. The number of carbonyl (C=O) groups is 1. The summed E-state index contributed by atoms with van der Waals surface area (Å²) in [4.78, 5) is 18.6. The molecule has 0 saturated carbocycles. The summed E-state index contributed by atoms with van der Waals surface area (Å²) in [5.74, 6) is 5.85. The first kappa shape index (κ1) is 21.7. The number of benzene rings is 2. The highest BCUT2D eigenvalue weighted by Crippen LogP contribution is 2.20. The monoisotopic (exact) mass is 427 g/mol. The SMILES string of the molecule is Cc1cc(C(=O)NO)cc(-c2ccc(C#Cc3ccc(CN4CCOCC4)cc3)cc2)n1. The maximum Gasteiger partial charge on any atom is 0.274 e. The van der Waals surface area contributed by atoms with E-state index in [1.807, 2.05) is 31.2 Å². The van der Waals surface area contributed by atoms with E-state index in [1.165, 1.54) is 5.56 Å².